The Balaban J connectivity index is 2.97. The van der Waals surface area contributed by atoms with Crippen LogP contribution in [0.3, 0.4) is 0 Å². The Morgan fingerprint density at radius 3 is 2.55 bits per heavy atom. The average molecular weight is 320 g/mol. The number of nitro groups is 1. The van der Waals surface area contributed by atoms with E-state index in [1.165, 1.54) is 6.07 Å². The maximum Gasteiger partial charge on any atom is 0.290 e. The van der Waals surface area contributed by atoms with Crippen LogP contribution in [0.25, 0.3) is 0 Å². The lowest BCUT2D eigenvalue weighted by atomic mass is 10.1. The van der Waals surface area contributed by atoms with E-state index in [9.17, 15) is 14.9 Å². The minimum atomic E-state index is -0.672. The Hall–Kier alpha value is -1.37. The van der Waals surface area contributed by atoms with Crippen molar-refractivity contribution in [2.24, 2.45) is 0 Å². The third kappa shape index (κ3) is 4.33. The van der Waals surface area contributed by atoms with Gasteiger partial charge >= 0.3 is 0 Å². The van der Waals surface area contributed by atoms with Crippen molar-refractivity contribution in [2.45, 2.75) is 13.0 Å². The summed E-state index contributed by atoms with van der Waals surface area (Å²) < 4.78 is 0. The number of nitrogens with zero attached hydrogens (tertiary/aromatic N) is 2. The lowest BCUT2D eigenvalue weighted by Gasteiger charge is -2.18. The number of nitrogens with one attached hydrogen (secondary N) is 1. The first-order chi connectivity index (χ1) is 9.22. The molecule has 0 fully saturated rings. The van der Waals surface area contributed by atoms with E-state index in [0.717, 1.165) is 6.07 Å². The summed E-state index contributed by atoms with van der Waals surface area (Å²) in [6.07, 6.45) is 0. The summed E-state index contributed by atoms with van der Waals surface area (Å²) in [6, 6.07) is 2.33. The van der Waals surface area contributed by atoms with E-state index in [2.05, 4.69) is 5.32 Å². The predicted molar refractivity (Wildman–Crippen MR) is 78.6 cm³/mol. The van der Waals surface area contributed by atoms with E-state index in [4.69, 9.17) is 23.2 Å². The van der Waals surface area contributed by atoms with Crippen LogP contribution in [0.1, 0.15) is 17.3 Å². The monoisotopic (exact) mass is 319 g/mol. The van der Waals surface area contributed by atoms with Gasteiger partial charge in [0.2, 0.25) is 0 Å². The van der Waals surface area contributed by atoms with Crippen LogP contribution >= 0.6 is 23.2 Å². The Kier molecular flexibility index (Phi) is 5.74. The molecule has 0 aliphatic heterocycles. The third-order valence-corrected chi connectivity index (χ3v) is 3.28. The first-order valence-electron chi connectivity index (χ1n) is 5.81. The van der Waals surface area contributed by atoms with E-state index in [1.54, 1.807) is 0 Å². The minimum Gasteiger partial charge on any atom is -0.348 e. The summed E-state index contributed by atoms with van der Waals surface area (Å²) in [6.45, 7) is 2.49. The lowest BCUT2D eigenvalue weighted by molar-refractivity contribution is -0.384. The molecule has 0 aliphatic rings. The predicted octanol–water partition coefficient (Wildman–Crippen LogP) is 2.58. The highest BCUT2D eigenvalue weighted by Crippen LogP contribution is 2.33. The van der Waals surface area contributed by atoms with Gasteiger partial charge in [0.1, 0.15) is 5.02 Å². The summed E-state index contributed by atoms with van der Waals surface area (Å²) >= 11 is 11.5. The molecule has 0 aromatic heterocycles. The van der Waals surface area contributed by atoms with Crippen LogP contribution in [-0.4, -0.2) is 42.4 Å². The molecule has 0 heterocycles. The van der Waals surface area contributed by atoms with Crippen molar-refractivity contribution in [2.75, 3.05) is 20.6 Å². The smallest absolute Gasteiger partial charge is 0.290 e. The second-order valence-corrected chi connectivity index (χ2v) is 5.47. The normalized spacial score (nSPS) is 12.3. The van der Waals surface area contributed by atoms with E-state index in [-0.39, 0.29) is 27.3 Å². The van der Waals surface area contributed by atoms with E-state index in [0.29, 0.717) is 6.54 Å². The molecule has 0 bridgehead atoms. The summed E-state index contributed by atoms with van der Waals surface area (Å²) in [7, 11) is 3.76. The standard InChI is InChI=1S/C12H15Cl2N3O3/c1-7(6-16(2)3)15-12(18)8-4-9(13)11(14)10(5-8)17(19)20/h4-5,7H,6H2,1-3H3,(H,15,18). The molecule has 1 atom stereocenters. The fraction of sp³-hybridized carbons (Fsp3) is 0.417. The molecule has 0 saturated heterocycles. The van der Waals surface area contributed by atoms with Crippen molar-refractivity contribution in [3.63, 3.8) is 0 Å². The van der Waals surface area contributed by atoms with Gasteiger partial charge < -0.3 is 10.2 Å². The van der Waals surface area contributed by atoms with Crippen LogP contribution in [0.15, 0.2) is 12.1 Å². The van der Waals surface area contributed by atoms with Crippen LogP contribution in [-0.2, 0) is 0 Å². The van der Waals surface area contributed by atoms with Crippen molar-refractivity contribution >= 4 is 34.8 Å². The number of likely N-dealkylation sites (N-methyl/N-ethyl adjacent to an activating group) is 1. The van der Waals surface area contributed by atoms with Gasteiger partial charge in [-0.15, -0.1) is 0 Å². The summed E-state index contributed by atoms with van der Waals surface area (Å²) in [5.74, 6) is -0.430. The van der Waals surface area contributed by atoms with E-state index in [1.807, 2.05) is 25.9 Å². The number of benzene rings is 1. The molecule has 1 rings (SSSR count). The van der Waals surface area contributed by atoms with Crippen LogP contribution in [0.5, 0.6) is 0 Å². The van der Waals surface area contributed by atoms with Gasteiger partial charge in [-0.05, 0) is 27.1 Å². The van der Waals surface area contributed by atoms with Gasteiger partial charge in [-0.2, -0.15) is 0 Å². The van der Waals surface area contributed by atoms with Gasteiger partial charge in [0.15, 0.2) is 0 Å². The largest absolute Gasteiger partial charge is 0.348 e. The highest BCUT2D eigenvalue weighted by Gasteiger charge is 2.20. The molecule has 8 heteroatoms. The lowest BCUT2D eigenvalue weighted by Crippen LogP contribution is -2.39. The van der Waals surface area contributed by atoms with Gasteiger partial charge in [0.05, 0.1) is 9.95 Å². The summed E-state index contributed by atoms with van der Waals surface area (Å²) in [5, 5.41) is 13.4. The maximum absolute atomic E-state index is 12.0. The zero-order chi connectivity index (χ0) is 15.4. The number of carbonyl (C=O) groups is 1. The van der Waals surface area contributed by atoms with E-state index < -0.39 is 10.8 Å². The Morgan fingerprint density at radius 1 is 1.45 bits per heavy atom. The first-order valence-corrected chi connectivity index (χ1v) is 6.57. The Labute approximate surface area is 126 Å². The SMILES string of the molecule is CC(CN(C)C)NC(=O)c1cc(Cl)c(Cl)c([N+](=O)[O-])c1. The fourth-order valence-corrected chi connectivity index (χ4v) is 2.13. The highest BCUT2D eigenvalue weighted by atomic mass is 35.5. The molecule has 1 amide bonds. The molecule has 1 aromatic rings. The number of amides is 1. The maximum atomic E-state index is 12.0. The molecule has 1 N–H and O–H groups in total. The van der Waals surface area contributed by atoms with Gasteiger partial charge in [-0.3, -0.25) is 14.9 Å². The Morgan fingerprint density at radius 2 is 2.05 bits per heavy atom. The number of hydrogen-bond acceptors (Lipinski definition) is 4. The van der Waals surface area contributed by atoms with Gasteiger partial charge in [0.25, 0.3) is 11.6 Å². The molecule has 0 radical (unpaired) electrons. The molecular formula is C12H15Cl2N3O3. The molecule has 0 spiro atoms. The topological polar surface area (TPSA) is 75.5 Å². The van der Waals surface area contributed by atoms with Crippen LogP contribution in [0, 0.1) is 10.1 Å². The fourth-order valence-electron chi connectivity index (χ4n) is 1.74. The molecule has 6 nitrogen and oxygen atoms in total. The van der Waals surface area contributed by atoms with Crippen molar-refractivity contribution in [3.8, 4) is 0 Å². The quantitative estimate of drug-likeness (QED) is 0.668. The average Bonchev–Trinajstić information content (AvgIpc) is 2.30. The zero-order valence-corrected chi connectivity index (χ0v) is 12.8. The number of rotatable bonds is 5. The summed E-state index contributed by atoms with van der Waals surface area (Å²) in [4.78, 5) is 24.1. The van der Waals surface area contributed by atoms with Crippen LogP contribution in [0.4, 0.5) is 5.69 Å². The number of nitro benzene ring substituents is 1. The van der Waals surface area contributed by atoms with Crippen molar-refractivity contribution in [1.82, 2.24) is 10.2 Å². The molecule has 1 aromatic carbocycles. The third-order valence-electron chi connectivity index (χ3n) is 2.48. The van der Waals surface area contributed by atoms with E-state index >= 15 is 0 Å². The minimum absolute atomic E-state index is 0.0220. The molecule has 0 aliphatic carbocycles. The molecule has 1 unspecified atom stereocenters. The summed E-state index contributed by atoms with van der Waals surface area (Å²) in [5.41, 5.74) is -0.277. The molecule has 0 saturated carbocycles. The van der Waals surface area contributed by atoms with Crippen LogP contribution < -0.4 is 5.32 Å². The van der Waals surface area contributed by atoms with Gasteiger partial charge in [0, 0.05) is 24.2 Å². The second-order valence-electron chi connectivity index (χ2n) is 4.69. The molecular weight excluding hydrogens is 305 g/mol. The first kappa shape index (κ1) is 16.7. The Bertz CT molecular complexity index is 535. The second kappa shape index (κ2) is 6.88. The highest BCUT2D eigenvalue weighted by molar-refractivity contribution is 6.43. The number of hydrogen-bond donors (Lipinski definition) is 1. The van der Waals surface area contributed by atoms with Gasteiger partial charge in [-0.1, -0.05) is 23.2 Å². The zero-order valence-electron chi connectivity index (χ0n) is 11.3. The van der Waals surface area contributed by atoms with Crippen LogP contribution in [0.2, 0.25) is 10.0 Å². The molecule has 20 heavy (non-hydrogen) atoms. The van der Waals surface area contributed by atoms with Crippen molar-refractivity contribution in [3.05, 3.63) is 37.9 Å². The van der Waals surface area contributed by atoms with Gasteiger partial charge in [-0.25, -0.2) is 0 Å². The van der Waals surface area contributed by atoms with Crippen molar-refractivity contribution in [1.29, 1.82) is 0 Å². The molecule has 110 valence electrons. The van der Waals surface area contributed by atoms with Crippen molar-refractivity contribution < 1.29 is 9.72 Å². The number of carbonyl (C=O) groups excluding carboxylic acids is 1. The number of halogens is 2.